The van der Waals surface area contributed by atoms with E-state index in [1.165, 1.54) is 11.3 Å². The van der Waals surface area contributed by atoms with Crippen LogP contribution in [0, 0.1) is 5.92 Å². The molecular weight excluding hydrogens is 328 g/mol. The SMILES string of the molecule is C[C@H]1CC[C@@H](C(N)=O)CN1C(=O)c1sc2sccc2c1Cl. The maximum absolute atomic E-state index is 12.8. The van der Waals surface area contributed by atoms with Crippen LogP contribution in [0.2, 0.25) is 5.02 Å². The number of halogens is 1. The summed E-state index contributed by atoms with van der Waals surface area (Å²) in [6, 6.07) is 2.03. The predicted molar refractivity (Wildman–Crippen MR) is 87.1 cm³/mol. The zero-order valence-corrected chi connectivity index (χ0v) is 13.9. The molecule has 2 amide bonds. The Hall–Kier alpha value is -1.11. The average Bonchev–Trinajstić information content (AvgIpc) is 3.02. The van der Waals surface area contributed by atoms with E-state index in [0.29, 0.717) is 16.4 Å². The summed E-state index contributed by atoms with van der Waals surface area (Å²) in [5.41, 5.74) is 5.39. The van der Waals surface area contributed by atoms with Crippen LogP contribution in [-0.2, 0) is 4.79 Å². The van der Waals surface area contributed by atoms with Gasteiger partial charge in [-0.3, -0.25) is 9.59 Å². The number of thiophene rings is 2. The fourth-order valence-electron chi connectivity index (χ4n) is 2.69. The highest BCUT2D eigenvalue weighted by atomic mass is 35.5. The number of nitrogens with two attached hydrogens (primary N) is 1. The van der Waals surface area contributed by atoms with Crippen molar-refractivity contribution >= 4 is 55.5 Å². The third-order valence-electron chi connectivity index (χ3n) is 4.00. The molecule has 1 fully saturated rings. The molecule has 21 heavy (non-hydrogen) atoms. The number of fused-ring (bicyclic) bond motifs is 1. The van der Waals surface area contributed by atoms with Crippen LogP contribution in [0.1, 0.15) is 29.4 Å². The molecule has 0 bridgehead atoms. The zero-order chi connectivity index (χ0) is 15.1. The Balaban J connectivity index is 1.90. The Morgan fingerprint density at radius 3 is 2.86 bits per heavy atom. The summed E-state index contributed by atoms with van der Waals surface area (Å²) >= 11 is 9.34. The van der Waals surface area contributed by atoms with Crippen molar-refractivity contribution < 1.29 is 9.59 Å². The molecule has 1 aliphatic rings. The van der Waals surface area contributed by atoms with Crippen molar-refractivity contribution in [3.05, 3.63) is 21.3 Å². The molecule has 0 unspecified atom stereocenters. The van der Waals surface area contributed by atoms with Crippen molar-refractivity contribution in [3.8, 4) is 0 Å². The largest absolute Gasteiger partial charge is 0.369 e. The number of carbonyl (C=O) groups is 2. The molecule has 3 rings (SSSR count). The summed E-state index contributed by atoms with van der Waals surface area (Å²) in [7, 11) is 0. The van der Waals surface area contributed by atoms with E-state index in [1.54, 1.807) is 16.2 Å². The van der Waals surface area contributed by atoms with Gasteiger partial charge in [-0.1, -0.05) is 11.6 Å². The van der Waals surface area contributed by atoms with E-state index in [1.807, 2.05) is 18.4 Å². The van der Waals surface area contributed by atoms with Crippen LogP contribution < -0.4 is 5.73 Å². The molecule has 1 aliphatic heterocycles. The van der Waals surface area contributed by atoms with E-state index in [0.717, 1.165) is 22.2 Å². The fourth-order valence-corrected chi connectivity index (χ4v) is 5.26. The Morgan fingerprint density at radius 1 is 1.43 bits per heavy atom. The molecule has 1 saturated heterocycles. The van der Waals surface area contributed by atoms with E-state index in [9.17, 15) is 9.59 Å². The van der Waals surface area contributed by atoms with Gasteiger partial charge in [-0.05, 0) is 31.2 Å². The van der Waals surface area contributed by atoms with Crippen LogP contribution in [0.3, 0.4) is 0 Å². The topological polar surface area (TPSA) is 63.4 Å². The predicted octanol–water partition coefficient (Wildman–Crippen LogP) is 3.34. The molecule has 0 spiro atoms. The highest BCUT2D eigenvalue weighted by Crippen LogP contribution is 2.40. The number of nitrogens with zero attached hydrogens (tertiary/aromatic N) is 1. The van der Waals surface area contributed by atoms with Gasteiger partial charge in [0.05, 0.1) is 15.0 Å². The lowest BCUT2D eigenvalue weighted by atomic mass is 9.93. The molecule has 2 N–H and O–H groups in total. The second-order valence-corrected chi connectivity index (χ2v) is 7.92. The maximum Gasteiger partial charge on any atom is 0.265 e. The Kier molecular flexibility index (Phi) is 3.94. The molecule has 2 aromatic heterocycles. The van der Waals surface area contributed by atoms with Gasteiger partial charge in [-0.15, -0.1) is 22.7 Å². The van der Waals surface area contributed by atoms with Gasteiger partial charge in [-0.2, -0.15) is 0 Å². The van der Waals surface area contributed by atoms with Crippen molar-refractivity contribution in [2.45, 2.75) is 25.8 Å². The quantitative estimate of drug-likeness (QED) is 0.909. The number of amides is 2. The highest BCUT2D eigenvalue weighted by Gasteiger charge is 2.33. The minimum atomic E-state index is -0.335. The van der Waals surface area contributed by atoms with E-state index in [2.05, 4.69) is 0 Å². The lowest BCUT2D eigenvalue weighted by molar-refractivity contribution is -0.123. The minimum absolute atomic E-state index is 0.0909. The van der Waals surface area contributed by atoms with Crippen LogP contribution in [0.15, 0.2) is 11.4 Å². The van der Waals surface area contributed by atoms with Gasteiger partial charge in [0.15, 0.2) is 0 Å². The van der Waals surface area contributed by atoms with Crippen LogP contribution in [0.4, 0.5) is 0 Å². The summed E-state index contributed by atoms with van der Waals surface area (Å²) in [6.45, 7) is 2.39. The molecule has 0 saturated carbocycles. The molecule has 2 atom stereocenters. The first-order valence-electron chi connectivity index (χ1n) is 6.74. The molecule has 0 aliphatic carbocycles. The van der Waals surface area contributed by atoms with Gasteiger partial charge >= 0.3 is 0 Å². The van der Waals surface area contributed by atoms with Crippen molar-refractivity contribution in [2.24, 2.45) is 11.7 Å². The number of likely N-dealkylation sites (tertiary alicyclic amines) is 1. The van der Waals surface area contributed by atoms with Crippen molar-refractivity contribution in [3.63, 3.8) is 0 Å². The Labute approximate surface area is 135 Å². The second-order valence-electron chi connectivity index (χ2n) is 5.35. The van der Waals surface area contributed by atoms with Gasteiger partial charge in [0.25, 0.3) is 5.91 Å². The lowest BCUT2D eigenvalue weighted by Crippen LogP contribution is -2.48. The van der Waals surface area contributed by atoms with Crippen LogP contribution >= 0.6 is 34.3 Å². The van der Waals surface area contributed by atoms with E-state index in [-0.39, 0.29) is 23.8 Å². The normalized spacial score (nSPS) is 22.7. The number of hydrogen-bond donors (Lipinski definition) is 1. The van der Waals surface area contributed by atoms with Crippen molar-refractivity contribution in [1.82, 2.24) is 4.90 Å². The Bertz CT molecular complexity index is 709. The first-order valence-corrected chi connectivity index (χ1v) is 8.82. The first kappa shape index (κ1) is 14.8. The van der Waals surface area contributed by atoms with Crippen molar-refractivity contribution in [2.75, 3.05) is 6.54 Å². The first-order chi connectivity index (χ1) is 9.99. The fraction of sp³-hybridized carbons (Fsp3) is 0.429. The standard InChI is InChI=1S/C14H15ClN2O2S2/c1-7-2-3-8(12(16)18)6-17(7)13(19)11-10(15)9-4-5-20-14(9)21-11/h4-5,7-8H,2-3,6H2,1H3,(H2,16,18)/t7-,8+/m0/s1. The van der Waals surface area contributed by atoms with Gasteiger partial charge in [0.1, 0.15) is 4.88 Å². The third-order valence-corrected chi connectivity index (χ3v) is 6.74. The highest BCUT2D eigenvalue weighted by molar-refractivity contribution is 7.38. The maximum atomic E-state index is 12.8. The molecule has 112 valence electrons. The number of carbonyl (C=O) groups excluding carboxylic acids is 2. The third kappa shape index (κ3) is 2.56. The van der Waals surface area contributed by atoms with Crippen LogP contribution in [0.5, 0.6) is 0 Å². The second kappa shape index (κ2) is 5.59. The van der Waals surface area contributed by atoms with Gasteiger partial charge in [-0.25, -0.2) is 0 Å². The van der Waals surface area contributed by atoms with Gasteiger partial charge in [0, 0.05) is 18.0 Å². The van der Waals surface area contributed by atoms with E-state index in [4.69, 9.17) is 17.3 Å². The van der Waals surface area contributed by atoms with Crippen LogP contribution in [-0.4, -0.2) is 29.3 Å². The summed E-state index contributed by atoms with van der Waals surface area (Å²) in [5.74, 6) is -0.685. The zero-order valence-electron chi connectivity index (χ0n) is 11.5. The van der Waals surface area contributed by atoms with E-state index < -0.39 is 0 Å². The van der Waals surface area contributed by atoms with E-state index >= 15 is 0 Å². The number of hydrogen-bond acceptors (Lipinski definition) is 4. The molecular formula is C14H15ClN2O2S2. The summed E-state index contributed by atoms with van der Waals surface area (Å²) < 4.78 is 1.06. The molecule has 2 aromatic rings. The lowest BCUT2D eigenvalue weighted by Gasteiger charge is -2.36. The smallest absolute Gasteiger partial charge is 0.265 e. The Morgan fingerprint density at radius 2 is 2.19 bits per heavy atom. The van der Waals surface area contributed by atoms with Gasteiger partial charge < -0.3 is 10.6 Å². The molecule has 3 heterocycles. The van der Waals surface area contributed by atoms with Gasteiger partial charge in [0.2, 0.25) is 5.91 Å². The molecule has 0 radical (unpaired) electrons. The monoisotopic (exact) mass is 342 g/mol. The molecule has 0 aromatic carbocycles. The molecule has 7 heteroatoms. The number of piperidine rings is 1. The van der Waals surface area contributed by atoms with Crippen LogP contribution in [0.25, 0.3) is 9.40 Å². The minimum Gasteiger partial charge on any atom is -0.369 e. The summed E-state index contributed by atoms with van der Waals surface area (Å²) in [4.78, 5) is 26.5. The molecule has 4 nitrogen and oxygen atoms in total. The average molecular weight is 343 g/mol. The van der Waals surface area contributed by atoms with Crippen molar-refractivity contribution in [1.29, 1.82) is 0 Å². The summed E-state index contributed by atoms with van der Waals surface area (Å²) in [6.07, 6.45) is 1.53. The number of primary amides is 1. The summed E-state index contributed by atoms with van der Waals surface area (Å²) in [5, 5.41) is 3.43. The number of rotatable bonds is 2.